The maximum atomic E-state index is 5.58. The molecule has 1 N–H and O–H groups in total. The highest BCUT2D eigenvalue weighted by Crippen LogP contribution is 2.28. The smallest absolute Gasteiger partial charge is 0.161 e. The van der Waals surface area contributed by atoms with Crippen LogP contribution >= 0.6 is 12.4 Å². The van der Waals surface area contributed by atoms with Gasteiger partial charge in [-0.3, -0.25) is 0 Å². The van der Waals surface area contributed by atoms with E-state index in [1.54, 1.807) is 25.7 Å². The van der Waals surface area contributed by atoms with E-state index in [9.17, 15) is 0 Å². The predicted molar refractivity (Wildman–Crippen MR) is 110 cm³/mol. The van der Waals surface area contributed by atoms with Gasteiger partial charge in [-0.1, -0.05) is 30.9 Å². The summed E-state index contributed by atoms with van der Waals surface area (Å²) >= 11 is 0. The highest BCUT2D eigenvalue weighted by atomic mass is 35.5. The van der Waals surface area contributed by atoms with Gasteiger partial charge in [-0.2, -0.15) is 0 Å². The molecule has 142 valence electrons. The number of hydrogen-bond donors (Lipinski definition) is 1. The zero-order valence-electron chi connectivity index (χ0n) is 15.3. The molecular formula is C21H24ClN3O2. The number of halogens is 1. The Morgan fingerprint density at radius 1 is 1.07 bits per heavy atom. The first-order chi connectivity index (χ1) is 12.8. The quantitative estimate of drug-likeness (QED) is 0.562. The molecule has 3 aromatic rings. The van der Waals surface area contributed by atoms with E-state index in [4.69, 9.17) is 9.47 Å². The van der Waals surface area contributed by atoms with Crippen molar-refractivity contribution >= 4 is 12.4 Å². The SMILES string of the molecule is C=CCOc1ccc(CNCc2ccc(-n3ccnc3)cc2)cc1OC.Cl. The molecule has 0 unspecified atom stereocenters. The molecular weight excluding hydrogens is 362 g/mol. The van der Waals surface area contributed by atoms with E-state index in [2.05, 4.69) is 41.1 Å². The van der Waals surface area contributed by atoms with Crippen LogP contribution in [-0.2, 0) is 13.1 Å². The fraction of sp³-hybridized carbons (Fsp3) is 0.190. The van der Waals surface area contributed by atoms with Gasteiger partial charge in [-0.15, -0.1) is 12.4 Å². The number of nitrogens with zero attached hydrogens (tertiary/aromatic N) is 2. The Hall–Kier alpha value is -2.76. The Balaban J connectivity index is 0.00000261. The highest BCUT2D eigenvalue weighted by molar-refractivity contribution is 5.85. The van der Waals surface area contributed by atoms with Crippen molar-refractivity contribution < 1.29 is 9.47 Å². The van der Waals surface area contributed by atoms with E-state index in [-0.39, 0.29) is 12.4 Å². The summed E-state index contributed by atoms with van der Waals surface area (Å²) in [6, 6.07) is 14.4. The van der Waals surface area contributed by atoms with Gasteiger partial charge < -0.3 is 19.4 Å². The molecule has 6 heteroatoms. The van der Waals surface area contributed by atoms with E-state index in [1.807, 2.05) is 29.0 Å². The molecule has 0 saturated heterocycles. The second-order valence-electron chi connectivity index (χ2n) is 5.82. The summed E-state index contributed by atoms with van der Waals surface area (Å²) in [6.45, 7) is 5.66. The number of ether oxygens (including phenoxy) is 2. The summed E-state index contributed by atoms with van der Waals surface area (Å²) in [4.78, 5) is 4.07. The summed E-state index contributed by atoms with van der Waals surface area (Å²) in [5.41, 5.74) is 3.47. The van der Waals surface area contributed by atoms with Crippen molar-refractivity contribution in [1.82, 2.24) is 14.9 Å². The minimum absolute atomic E-state index is 0. The van der Waals surface area contributed by atoms with Gasteiger partial charge in [0.2, 0.25) is 0 Å². The average molecular weight is 386 g/mol. The van der Waals surface area contributed by atoms with Crippen molar-refractivity contribution in [2.45, 2.75) is 13.1 Å². The molecule has 0 bridgehead atoms. The average Bonchev–Trinajstić information content (AvgIpc) is 3.22. The highest BCUT2D eigenvalue weighted by Gasteiger charge is 2.05. The molecule has 0 radical (unpaired) electrons. The normalized spacial score (nSPS) is 10.1. The Labute approximate surface area is 166 Å². The summed E-state index contributed by atoms with van der Waals surface area (Å²) in [5.74, 6) is 1.46. The minimum Gasteiger partial charge on any atom is -0.493 e. The summed E-state index contributed by atoms with van der Waals surface area (Å²) in [5, 5.41) is 3.45. The number of nitrogens with one attached hydrogen (secondary N) is 1. The van der Waals surface area contributed by atoms with Crippen molar-refractivity contribution in [3.8, 4) is 17.2 Å². The lowest BCUT2D eigenvalue weighted by atomic mass is 10.1. The molecule has 0 spiro atoms. The number of methoxy groups -OCH3 is 1. The topological polar surface area (TPSA) is 48.3 Å². The number of imidazole rings is 1. The Bertz CT molecular complexity index is 833. The van der Waals surface area contributed by atoms with Crippen molar-refractivity contribution in [2.24, 2.45) is 0 Å². The van der Waals surface area contributed by atoms with E-state index in [1.165, 1.54) is 5.56 Å². The Kier molecular flexibility index (Phi) is 7.92. The molecule has 5 nitrogen and oxygen atoms in total. The lowest BCUT2D eigenvalue weighted by Crippen LogP contribution is -2.12. The number of rotatable bonds is 9. The van der Waals surface area contributed by atoms with Gasteiger partial charge in [0.15, 0.2) is 11.5 Å². The van der Waals surface area contributed by atoms with Crippen LogP contribution in [0.3, 0.4) is 0 Å². The summed E-state index contributed by atoms with van der Waals surface area (Å²) in [6.07, 6.45) is 7.22. The molecule has 1 heterocycles. The first-order valence-electron chi connectivity index (χ1n) is 8.49. The Morgan fingerprint density at radius 2 is 1.81 bits per heavy atom. The van der Waals surface area contributed by atoms with E-state index >= 15 is 0 Å². The van der Waals surface area contributed by atoms with E-state index in [0.29, 0.717) is 6.61 Å². The van der Waals surface area contributed by atoms with Crippen molar-refractivity contribution in [2.75, 3.05) is 13.7 Å². The van der Waals surface area contributed by atoms with Crippen LogP contribution in [0, 0.1) is 0 Å². The Morgan fingerprint density at radius 3 is 2.48 bits per heavy atom. The standard InChI is InChI=1S/C21H23N3O2.ClH/c1-3-12-26-20-9-6-18(13-21(20)25-2)15-23-14-17-4-7-19(8-5-17)24-11-10-22-16-24;/h3-11,13,16,23H,1,12,14-15H2,2H3;1H. The van der Waals surface area contributed by atoms with Crippen molar-refractivity contribution in [1.29, 1.82) is 0 Å². The molecule has 3 rings (SSSR count). The van der Waals surface area contributed by atoms with Crippen LogP contribution in [0.2, 0.25) is 0 Å². The number of hydrogen-bond acceptors (Lipinski definition) is 4. The van der Waals surface area contributed by atoms with Gasteiger partial charge in [0, 0.05) is 31.2 Å². The van der Waals surface area contributed by atoms with Gasteiger partial charge >= 0.3 is 0 Å². The first-order valence-corrected chi connectivity index (χ1v) is 8.49. The maximum absolute atomic E-state index is 5.58. The first kappa shape index (κ1) is 20.6. The van der Waals surface area contributed by atoms with Crippen LogP contribution in [-0.4, -0.2) is 23.3 Å². The molecule has 2 aromatic carbocycles. The molecule has 0 amide bonds. The second kappa shape index (κ2) is 10.4. The minimum atomic E-state index is 0. The van der Waals surface area contributed by atoms with Gasteiger partial charge in [0.05, 0.1) is 13.4 Å². The number of aromatic nitrogens is 2. The second-order valence-corrected chi connectivity index (χ2v) is 5.82. The zero-order valence-corrected chi connectivity index (χ0v) is 16.1. The third-order valence-electron chi connectivity index (χ3n) is 3.98. The van der Waals surface area contributed by atoms with Crippen LogP contribution in [0.4, 0.5) is 0 Å². The van der Waals surface area contributed by atoms with Crippen LogP contribution in [0.15, 0.2) is 73.8 Å². The van der Waals surface area contributed by atoms with Crippen LogP contribution < -0.4 is 14.8 Å². The molecule has 27 heavy (non-hydrogen) atoms. The molecule has 0 atom stereocenters. The third-order valence-corrected chi connectivity index (χ3v) is 3.98. The molecule has 1 aromatic heterocycles. The molecule has 0 aliphatic rings. The van der Waals surface area contributed by atoms with Gasteiger partial charge in [0.25, 0.3) is 0 Å². The largest absolute Gasteiger partial charge is 0.493 e. The predicted octanol–water partition coefficient (Wildman–Crippen LogP) is 4.16. The monoisotopic (exact) mass is 385 g/mol. The summed E-state index contributed by atoms with van der Waals surface area (Å²) in [7, 11) is 1.65. The van der Waals surface area contributed by atoms with Gasteiger partial charge in [0.1, 0.15) is 6.61 Å². The zero-order chi connectivity index (χ0) is 18.2. The third kappa shape index (κ3) is 5.61. The van der Waals surface area contributed by atoms with Gasteiger partial charge in [-0.25, -0.2) is 4.98 Å². The lowest BCUT2D eigenvalue weighted by Gasteiger charge is -2.12. The molecule has 0 aliphatic heterocycles. The van der Waals surface area contributed by atoms with Crippen molar-refractivity contribution in [3.05, 3.63) is 85.0 Å². The molecule has 0 saturated carbocycles. The molecule has 0 aliphatic carbocycles. The van der Waals surface area contributed by atoms with Crippen LogP contribution in [0.5, 0.6) is 11.5 Å². The van der Waals surface area contributed by atoms with Gasteiger partial charge in [-0.05, 0) is 35.4 Å². The van der Waals surface area contributed by atoms with E-state index < -0.39 is 0 Å². The van der Waals surface area contributed by atoms with E-state index in [0.717, 1.165) is 35.8 Å². The summed E-state index contributed by atoms with van der Waals surface area (Å²) < 4.78 is 13.0. The maximum Gasteiger partial charge on any atom is 0.161 e. The molecule has 0 fully saturated rings. The number of benzene rings is 2. The van der Waals surface area contributed by atoms with Crippen LogP contribution in [0.1, 0.15) is 11.1 Å². The fourth-order valence-corrected chi connectivity index (χ4v) is 2.64. The lowest BCUT2D eigenvalue weighted by molar-refractivity contribution is 0.326. The fourth-order valence-electron chi connectivity index (χ4n) is 2.64. The van der Waals surface area contributed by atoms with Crippen molar-refractivity contribution in [3.63, 3.8) is 0 Å². The van der Waals surface area contributed by atoms with Crippen LogP contribution in [0.25, 0.3) is 5.69 Å².